The van der Waals surface area contributed by atoms with Gasteiger partial charge in [0, 0.05) is 25.5 Å². The summed E-state index contributed by atoms with van der Waals surface area (Å²) in [6, 6.07) is 0. The first-order chi connectivity index (χ1) is 18.3. The predicted molar refractivity (Wildman–Crippen MR) is 168 cm³/mol. The lowest BCUT2D eigenvalue weighted by Crippen LogP contribution is -2.39. The zero-order chi connectivity index (χ0) is 26.7. The molecule has 0 fully saturated rings. The quantitative estimate of drug-likeness (QED) is 0.0908. The van der Waals surface area contributed by atoms with Crippen LogP contribution in [0, 0.1) is 0 Å². The van der Waals surface area contributed by atoms with Crippen molar-refractivity contribution in [3.8, 4) is 0 Å². The molecule has 1 heterocycles. The second-order valence-corrected chi connectivity index (χ2v) is 12.2. The lowest BCUT2D eigenvalue weighted by Gasteiger charge is -2.33. The van der Waals surface area contributed by atoms with Crippen LogP contribution < -0.4 is 0 Å². The molecule has 0 spiro atoms. The molecule has 0 saturated carbocycles. The van der Waals surface area contributed by atoms with Crippen LogP contribution in [0.15, 0.2) is 12.4 Å². The van der Waals surface area contributed by atoms with Crippen molar-refractivity contribution < 1.29 is 0 Å². The average Bonchev–Trinajstić information content (AvgIpc) is 3.28. The summed E-state index contributed by atoms with van der Waals surface area (Å²) in [6.45, 7) is 9.42. The van der Waals surface area contributed by atoms with E-state index in [-0.39, 0.29) is 0 Å². The first-order valence-corrected chi connectivity index (χ1v) is 17.5. The van der Waals surface area contributed by atoms with E-state index in [1.54, 1.807) is 0 Å². The van der Waals surface area contributed by atoms with Gasteiger partial charge in [-0.15, -0.1) is 0 Å². The third kappa shape index (κ3) is 20.0. The van der Waals surface area contributed by atoms with Crippen LogP contribution >= 0.6 is 0 Å². The molecule has 0 bridgehead atoms. The summed E-state index contributed by atoms with van der Waals surface area (Å²) < 4.78 is 0. The second kappa shape index (κ2) is 26.9. The Balaban J connectivity index is 2.01. The standard InChI is InChI=1S/C35H70N2/c1-4-7-9-11-13-15-17-18-19-20-22-24-26-28-30-35-36(31-6-3)33-34-37(35)32-29-27-25-23-21-16-14-12-10-8-5-2/h33-35H,4-32H2,1-3H3. The van der Waals surface area contributed by atoms with Gasteiger partial charge in [0.1, 0.15) is 6.17 Å². The third-order valence-corrected chi connectivity index (χ3v) is 8.53. The van der Waals surface area contributed by atoms with E-state index in [1.165, 1.54) is 186 Å². The maximum atomic E-state index is 2.67. The topological polar surface area (TPSA) is 6.48 Å². The minimum absolute atomic E-state index is 0.639. The molecule has 0 radical (unpaired) electrons. The first kappa shape index (κ1) is 34.4. The Morgan fingerprint density at radius 3 is 1.05 bits per heavy atom. The van der Waals surface area contributed by atoms with Gasteiger partial charge in [-0.25, -0.2) is 0 Å². The monoisotopic (exact) mass is 519 g/mol. The van der Waals surface area contributed by atoms with E-state index >= 15 is 0 Å². The Bertz CT molecular complexity index is 474. The summed E-state index contributed by atoms with van der Waals surface area (Å²) in [5.74, 6) is 0. The fraction of sp³-hybridized carbons (Fsp3) is 0.943. The lowest BCUT2D eigenvalue weighted by atomic mass is 10.0. The minimum Gasteiger partial charge on any atom is -0.356 e. The Morgan fingerprint density at radius 2 is 0.676 bits per heavy atom. The predicted octanol–water partition coefficient (Wildman–Crippen LogP) is 12.0. The van der Waals surface area contributed by atoms with Gasteiger partial charge in [0.25, 0.3) is 0 Å². The van der Waals surface area contributed by atoms with Gasteiger partial charge in [0.15, 0.2) is 0 Å². The van der Waals surface area contributed by atoms with Crippen molar-refractivity contribution >= 4 is 0 Å². The van der Waals surface area contributed by atoms with Gasteiger partial charge >= 0.3 is 0 Å². The SMILES string of the molecule is CCCCCCCCCCCCCCCCC1N(CCC)C=CN1CCCCCCCCCCCCC. The summed E-state index contributed by atoms with van der Waals surface area (Å²) in [6.07, 6.45) is 44.1. The molecule has 0 amide bonds. The van der Waals surface area contributed by atoms with Crippen molar-refractivity contribution in [2.24, 2.45) is 0 Å². The van der Waals surface area contributed by atoms with Gasteiger partial charge in [-0.05, 0) is 25.7 Å². The highest BCUT2D eigenvalue weighted by Crippen LogP contribution is 2.23. The van der Waals surface area contributed by atoms with Crippen LogP contribution in [0.4, 0.5) is 0 Å². The van der Waals surface area contributed by atoms with Crippen LogP contribution in [0.5, 0.6) is 0 Å². The molecule has 220 valence electrons. The van der Waals surface area contributed by atoms with Gasteiger partial charge in [0.2, 0.25) is 0 Å². The van der Waals surface area contributed by atoms with Gasteiger partial charge in [-0.3, -0.25) is 0 Å². The van der Waals surface area contributed by atoms with E-state index in [2.05, 4.69) is 43.0 Å². The summed E-state index contributed by atoms with van der Waals surface area (Å²) >= 11 is 0. The maximum Gasteiger partial charge on any atom is 0.101 e. The summed E-state index contributed by atoms with van der Waals surface area (Å²) in [4.78, 5) is 5.30. The molecular weight excluding hydrogens is 448 g/mol. The molecule has 1 unspecified atom stereocenters. The van der Waals surface area contributed by atoms with E-state index < -0.39 is 0 Å². The first-order valence-electron chi connectivity index (χ1n) is 17.5. The molecule has 0 aromatic heterocycles. The number of nitrogens with zero attached hydrogens (tertiary/aromatic N) is 2. The van der Waals surface area contributed by atoms with Crippen LogP contribution in [0.2, 0.25) is 0 Å². The number of rotatable bonds is 29. The molecular formula is C35H70N2. The highest BCUT2D eigenvalue weighted by Gasteiger charge is 2.24. The van der Waals surface area contributed by atoms with E-state index in [9.17, 15) is 0 Å². The molecule has 1 atom stereocenters. The molecule has 0 aliphatic carbocycles. The highest BCUT2D eigenvalue weighted by molar-refractivity contribution is 4.96. The van der Waals surface area contributed by atoms with Gasteiger partial charge < -0.3 is 9.80 Å². The molecule has 0 saturated heterocycles. The van der Waals surface area contributed by atoms with Crippen LogP contribution in [-0.2, 0) is 0 Å². The van der Waals surface area contributed by atoms with Crippen molar-refractivity contribution in [2.75, 3.05) is 13.1 Å². The van der Waals surface area contributed by atoms with Crippen molar-refractivity contribution in [2.45, 2.75) is 200 Å². The summed E-state index contributed by atoms with van der Waals surface area (Å²) in [7, 11) is 0. The maximum absolute atomic E-state index is 2.67. The fourth-order valence-electron chi connectivity index (χ4n) is 6.08. The summed E-state index contributed by atoms with van der Waals surface area (Å²) in [5, 5.41) is 0. The van der Waals surface area contributed by atoms with Crippen LogP contribution in [-0.4, -0.2) is 29.1 Å². The zero-order valence-electron chi connectivity index (χ0n) is 26.1. The molecule has 1 aliphatic heterocycles. The Kier molecular flexibility index (Phi) is 25.0. The molecule has 37 heavy (non-hydrogen) atoms. The molecule has 0 N–H and O–H groups in total. The molecule has 2 heteroatoms. The van der Waals surface area contributed by atoms with Crippen LogP contribution in [0.25, 0.3) is 0 Å². The van der Waals surface area contributed by atoms with Gasteiger partial charge in [-0.1, -0.05) is 168 Å². The van der Waals surface area contributed by atoms with E-state index in [1.807, 2.05) is 0 Å². The summed E-state index contributed by atoms with van der Waals surface area (Å²) in [5.41, 5.74) is 0. The highest BCUT2D eigenvalue weighted by atomic mass is 15.4. The minimum atomic E-state index is 0.639. The number of unbranched alkanes of at least 4 members (excludes halogenated alkanes) is 23. The Hall–Kier alpha value is -0.660. The van der Waals surface area contributed by atoms with E-state index in [0.717, 1.165) is 0 Å². The van der Waals surface area contributed by atoms with Crippen LogP contribution in [0.1, 0.15) is 194 Å². The van der Waals surface area contributed by atoms with E-state index in [0.29, 0.717) is 6.17 Å². The normalized spacial score (nSPS) is 15.4. The van der Waals surface area contributed by atoms with Crippen LogP contribution in [0.3, 0.4) is 0 Å². The number of hydrogen-bond acceptors (Lipinski definition) is 2. The zero-order valence-corrected chi connectivity index (χ0v) is 26.1. The molecule has 1 aliphatic rings. The van der Waals surface area contributed by atoms with E-state index in [4.69, 9.17) is 0 Å². The largest absolute Gasteiger partial charge is 0.356 e. The van der Waals surface area contributed by atoms with Crippen molar-refractivity contribution in [1.82, 2.24) is 9.80 Å². The lowest BCUT2D eigenvalue weighted by molar-refractivity contribution is 0.137. The average molecular weight is 519 g/mol. The molecule has 1 rings (SSSR count). The molecule has 2 nitrogen and oxygen atoms in total. The third-order valence-electron chi connectivity index (χ3n) is 8.53. The van der Waals surface area contributed by atoms with Gasteiger partial charge in [0.05, 0.1) is 0 Å². The van der Waals surface area contributed by atoms with Crippen molar-refractivity contribution in [3.05, 3.63) is 12.4 Å². The van der Waals surface area contributed by atoms with Crippen molar-refractivity contribution in [3.63, 3.8) is 0 Å². The molecule has 0 aromatic rings. The van der Waals surface area contributed by atoms with Gasteiger partial charge in [-0.2, -0.15) is 0 Å². The second-order valence-electron chi connectivity index (χ2n) is 12.2. The Labute approximate surface area is 235 Å². The fourth-order valence-corrected chi connectivity index (χ4v) is 6.08. The smallest absolute Gasteiger partial charge is 0.101 e. The Morgan fingerprint density at radius 1 is 0.351 bits per heavy atom. The molecule has 0 aromatic carbocycles. The van der Waals surface area contributed by atoms with Crippen molar-refractivity contribution in [1.29, 1.82) is 0 Å². The number of hydrogen-bond donors (Lipinski definition) is 0.